The van der Waals surface area contributed by atoms with Crippen LogP contribution in [0.5, 0.6) is 0 Å². The number of nitrogens with zero attached hydrogens (tertiary/aromatic N) is 1. The molecule has 5 nitrogen and oxygen atoms in total. The van der Waals surface area contributed by atoms with Crippen LogP contribution in [0.25, 0.3) is 0 Å². The maximum absolute atomic E-state index is 12.9. The molecule has 0 radical (unpaired) electrons. The largest absolute Gasteiger partial charge is 0.430 e. The number of anilines is 2. The first-order valence-electron chi connectivity index (χ1n) is 7.11. The second-order valence-corrected chi connectivity index (χ2v) is 7.70. The van der Waals surface area contributed by atoms with E-state index in [1.165, 1.54) is 0 Å². The highest BCUT2D eigenvalue weighted by atomic mass is 32.2. The van der Waals surface area contributed by atoms with Crippen LogP contribution in [0.3, 0.4) is 0 Å². The van der Waals surface area contributed by atoms with Gasteiger partial charge >= 0.3 is 12.4 Å². The standard InChI is InChI=1S/C14H13F6N3O2S2/c1-7-10(26-11(21-2)22-7)27(25)23-9-5-3-8(4-6-9)12(24,13(15,16)17)14(18,19)20/h3-6,23-24H,1-2H3,(H,21,22). The van der Waals surface area contributed by atoms with Crippen molar-refractivity contribution in [2.24, 2.45) is 0 Å². The fourth-order valence-electron chi connectivity index (χ4n) is 2.08. The molecule has 1 aromatic carbocycles. The molecule has 0 amide bonds. The summed E-state index contributed by atoms with van der Waals surface area (Å²) in [5, 5.41) is 12.6. The number of benzene rings is 1. The molecule has 0 spiro atoms. The van der Waals surface area contributed by atoms with Crippen molar-refractivity contribution in [2.75, 3.05) is 17.1 Å². The second-order valence-electron chi connectivity index (χ2n) is 5.30. The fourth-order valence-corrected chi connectivity index (χ4v) is 4.16. The average Bonchev–Trinajstić information content (AvgIpc) is 2.94. The first-order chi connectivity index (χ1) is 12.3. The third-order valence-electron chi connectivity index (χ3n) is 3.47. The van der Waals surface area contributed by atoms with Gasteiger partial charge in [0.25, 0.3) is 5.60 Å². The van der Waals surface area contributed by atoms with E-state index in [2.05, 4.69) is 15.0 Å². The van der Waals surface area contributed by atoms with Gasteiger partial charge in [0.05, 0.1) is 5.69 Å². The van der Waals surface area contributed by atoms with Crippen LogP contribution in [0.2, 0.25) is 0 Å². The summed E-state index contributed by atoms with van der Waals surface area (Å²) in [7, 11) is -0.219. The molecule has 2 rings (SSSR count). The Balaban J connectivity index is 2.29. The summed E-state index contributed by atoms with van der Waals surface area (Å²) in [6.07, 6.45) is -11.9. The summed E-state index contributed by atoms with van der Waals surface area (Å²) in [5.74, 6) is 0. The predicted octanol–water partition coefficient (Wildman–Crippen LogP) is 3.94. The van der Waals surface area contributed by atoms with Crippen LogP contribution < -0.4 is 10.0 Å². The van der Waals surface area contributed by atoms with Crippen LogP contribution in [0, 0.1) is 6.92 Å². The second kappa shape index (κ2) is 7.28. The molecule has 150 valence electrons. The van der Waals surface area contributed by atoms with Gasteiger partial charge in [-0.05, 0) is 19.1 Å². The number of nitrogens with one attached hydrogen (secondary N) is 2. The summed E-state index contributed by atoms with van der Waals surface area (Å²) in [4.78, 5) is 4.08. The molecule has 0 saturated carbocycles. The van der Waals surface area contributed by atoms with Gasteiger partial charge in [0.2, 0.25) is 0 Å². The molecular formula is C14H13F6N3O2S2. The summed E-state index contributed by atoms with van der Waals surface area (Å²) in [6.45, 7) is 1.60. The van der Waals surface area contributed by atoms with E-state index in [0.717, 1.165) is 23.5 Å². The molecule has 1 aromatic heterocycles. The quantitative estimate of drug-likeness (QED) is 0.625. The summed E-state index contributed by atoms with van der Waals surface area (Å²) in [6, 6.07) is 2.67. The number of thiazole rings is 1. The molecule has 3 N–H and O–H groups in total. The highest BCUT2D eigenvalue weighted by Gasteiger charge is 2.71. The minimum atomic E-state index is -5.97. The summed E-state index contributed by atoms with van der Waals surface area (Å²) >= 11 is 1.08. The number of alkyl halides is 6. The molecule has 1 unspecified atom stereocenters. The smallest absolute Gasteiger partial charge is 0.369 e. The highest BCUT2D eigenvalue weighted by Crippen LogP contribution is 2.50. The molecular weight excluding hydrogens is 420 g/mol. The van der Waals surface area contributed by atoms with E-state index in [4.69, 9.17) is 0 Å². The van der Waals surface area contributed by atoms with Crippen molar-refractivity contribution < 1.29 is 35.7 Å². The normalized spacial score (nSPS) is 14.1. The van der Waals surface area contributed by atoms with Gasteiger partial charge in [0, 0.05) is 18.3 Å². The van der Waals surface area contributed by atoms with E-state index in [0.29, 0.717) is 27.2 Å². The SMILES string of the molecule is CNc1nc(C)c(S(=O)Nc2ccc(C(O)(C(F)(F)F)C(F)(F)F)cc2)s1. The average molecular weight is 433 g/mol. The molecule has 0 bridgehead atoms. The number of aryl methyl sites for hydroxylation is 1. The predicted molar refractivity (Wildman–Crippen MR) is 88.9 cm³/mol. The van der Waals surface area contributed by atoms with Crippen molar-refractivity contribution in [3.05, 3.63) is 35.5 Å². The van der Waals surface area contributed by atoms with E-state index in [9.17, 15) is 35.7 Å². The third-order valence-corrected chi connectivity index (χ3v) is 6.20. The van der Waals surface area contributed by atoms with Gasteiger partial charge in [-0.2, -0.15) is 26.3 Å². The lowest BCUT2D eigenvalue weighted by Gasteiger charge is -2.32. The molecule has 1 atom stereocenters. The minimum Gasteiger partial charge on any atom is -0.369 e. The molecule has 2 aromatic rings. The fraction of sp³-hybridized carbons (Fsp3) is 0.357. The summed E-state index contributed by atoms with van der Waals surface area (Å²) < 4.78 is 92.2. The number of hydrogen-bond acceptors (Lipinski definition) is 5. The number of rotatable bonds is 5. The van der Waals surface area contributed by atoms with E-state index in [1.807, 2.05) is 0 Å². The van der Waals surface area contributed by atoms with E-state index in [1.54, 1.807) is 14.0 Å². The maximum atomic E-state index is 12.9. The van der Waals surface area contributed by atoms with Crippen LogP contribution in [-0.2, 0) is 16.6 Å². The number of aliphatic hydroxyl groups is 1. The molecule has 0 aliphatic heterocycles. The van der Waals surface area contributed by atoms with E-state index >= 15 is 0 Å². The van der Waals surface area contributed by atoms with E-state index < -0.39 is 34.5 Å². The Kier molecular flexibility index (Phi) is 5.78. The summed E-state index contributed by atoms with van der Waals surface area (Å²) in [5.41, 5.74) is -5.95. The van der Waals surface area contributed by atoms with Crippen LogP contribution in [0.15, 0.2) is 28.5 Å². The van der Waals surface area contributed by atoms with Gasteiger partial charge in [-0.25, -0.2) is 9.19 Å². The lowest BCUT2D eigenvalue weighted by atomic mass is 9.92. The number of aromatic nitrogens is 1. The van der Waals surface area contributed by atoms with Gasteiger partial charge in [0.1, 0.15) is 4.21 Å². The van der Waals surface area contributed by atoms with Crippen molar-refractivity contribution in [1.82, 2.24) is 4.98 Å². The zero-order chi connectivity index (χ0) is 20.6. The van der Waals surface area contributed by atoms with Gasteiger partial charge in [-0.1, -0.05) is 23.5 Å². The minimum absolute atomic E-state index is 0.00240. The van der Waals surface area contributed by atoms with Crippen molar-refractivity contribution in [1.29, 1.82) is 0 Å². The van der Waals surface area contributed by atoms with Gasteiger partial charge in [0.15, 0.2) is 16.1 Å². The number of halogens is 6. The Labute approximate surface area is 156 Å². The third kappa shape index (κ3) is 4.04. The van der Waals surface area contributed by atoms with Crippen LogP contribution in [0.1, 0.15) is 11.3 Å². The Morgan fingerprint density at radius 2 is 1.59 bits per heavy atom. The lowest BCUT2D eigenvalue weighted by molar-refractivity contribution is -0.376. The van der Waals surface area contributed by atoms with Gasteiger partial charge in [-0.15, -0.1) is 0 Å². The Bertz CT molecular complexity index is 819. The topological polar surface area (TPSA) is 74.2 Å². The van der Waals surface area contributed by atoms with Crippen LogP contribution in [0.4, 0.5) is 37.2 Å². The molecule has 0 aliphatic rings. The first kappa shape index (κ1) is 21.4. The molecule has 0 aliphatic carbocycles. The van der Waals surface area contributed by atoms with Crippen LogP contribution >= 0.6 is 11.3 Å². The first-order valence-corrected chi connectivity index (χ1v) is 9.08. The van der Waals surface area contributed by atoms with Crippen LogP contribution in [-0.4, -0.2) is 33.7 Å². The Hall–Kier alpha value is -1.86. The molecule has 13 heteroatoms. The highest BCUT2D eigenvalue weighted by molar-refractivity contribution is 7.88. The molecule has 27 heavy (non-hydrogen) atoms. The van der Waals surface area contributed by atoms with Crippen molar-refractivity contribution in [2.45, 2.75) is 29.1 Å². The van der Waals surface area contributed by atoms with Crippen molar-refractivity contribution in [3.8, 4) is 0 Å². The lowest BCUT2D eigenvalue weighted by Crippen LogP contribution is -2.53. The Morgan fingerprint density at radius 3 is 2.00 bits per heavy atom. The van der Waals surface area contributed by atoms with Crippen molar-refractivity contribution >= 4 is 33.1 Å². The van der Waals surface area contributed by atoms with Gasteiger partial charge in [-0.3, -0.25) is 0 Å². The van der Waals surface area contributed by atoms with Gasteiger partial charge < -0.3 is 15.1 Å². The zero-order valence-corrected chi connectivity index (χ0v) is 15.3. The number of hydrogen-bond donors (Lipinski definition) is 3. The maximum Gasteiger partial charge on any atom is 0.430 e. The Morgan fingerprint density at radius 1 is 1.07 bits per heavy atom. The molecule has 0 saturated heterocycles. The van der Waals surface area contributed by atoms with Crippen molar-refractivity contribution in [3.63, 3.8) is 0 Å². The molecule has 0 fully saturated rings. The monoisotopic (exact) mass is 433 g/mol. The zero-order valence-electron chi connectivity index (χ0n) is 13.7. The molecule has 1 heterocycles. The van der Waals surface area contributed by atoms with E-state index in [-0.39, 0.29) is 5.69 Å².